The van der Waals surface area contributed by atoms with E-state index in [0.29, 0.717) is 19.3 Å². The van der Waals surface area contributed by atoms with Crippen LogP contribution in [-0.2, 0) is 14.4 Å². The van der Waals surface area contributed by atoms with E-state index in [9.17, 15) is 14.4 Å². The minimum atomic E-state index is -0.682. The molecule has 0 unspecified atom stereocenters. The zero-order valence-electron chi connectivity index (χ0n) is 20.1. The Labute approximate surface area is 196 Å². The minimum absolute atomic E-state index is 0.0417. The molecule has 0 bridgehead atoms. The molecule has 0 radical (unpaired) electrons. The Bertz CT molecular complexity index is 548. The van der Waals surface area contributed by atoms with Crippen LogP contribution in [0.4, 0.5) is 17.8 Å². The van der Waals surface area contributed by atoms with Gasteiger partial charge in [-0.3, -0.25) is 14.4 Å². The van der Waals surface area contributed by atoms with Gasteiger partial charge in [0.1, 0.15) is 0 Å². The highest BCUT2D eigenvalue weighted by atomic mass is 16.4. The maximum absolute atomic E-state index is 9.87. The highest BCUT2D eigenvalue weighted by Crippen LogP contribution is 1.99. The van der Waals surface area contributed by atoms with Crippen LogP contribution in [-0.4, -0.2) is 48.2 Å². The lowest BCUT2D eigenvalue weighted by Gasteiger charge is -1.93. The third-order valence-corrected chi connectivity index (χ3v) is 3.67. The fraction of sp³-hybridized carbons (Fsp3) is 0.714. The van der Waals surface area contributed by atoms with E-state index in [1.807, 2.05) is 0 Å². The van der Waals surface area contributed by atoms with Crippen molar-refractivity contribution in [2.45, 2.75) is 97.8 Å². The van der Waals surface area contributed by atoms with Crippen LogP contribution in [0.1, 0.15) is 97.8 Å². The summed E-state index contributed by atoms with van der Waals surface area (Å²) in [5, 5.41) is 24.4. The van der Waals surface area contributed by atoms with Gasteiger partial charge in [-0.05, 0) is 19.3 Å². The lowest BCUT2D eigenvalue weighted by atomic mass is 10.2. The predicted octanol–water partition coefficient (Wildman–Crippen LogP) is 3.57. The zero-order chi connectivity index (χ0) is 26.1. The van der Waals surface area contributed by atoms with Crippen LogP contribution in [0.2, 0.25) is 0 Å². The summed E-state index contributed by atoms with van der Waals surface area (Å²) < 4.78 is 0. The first kappa shape index (κ1) is 34.4. The van der Waals surface area contributed by atoms with Gasteiger partial charge in [0, 0.05) is 19.3 Å². The number of carboxylic acid groups (broad SMARTS) is 3. The highest BCUT2D eigenvalue weighted by molar-refractivity contribution is 5.67. The Morgan fingerprint density at radius 1 is 0.545 bits per heavy atom. The molecule has 9 N–H and O–H groups in total. The van der Waals surface area contributed by atoms with E-state index >= 15 is 0 Å². The summed E-state index contributed by atoms with van der Waals surface area (Å²) in [5.74, 6) is -1.92. The van der Waals surface area contributed by atoms with Crippen LogP contribution < -0.4 is 17.2 Å². The van der Waals surface area contributed by atoms with Gasteiger partial charge in [0.05, 0.1) is 0 Å². The first-order valence-corrected chi connectivity index (χ1v) is 11.2. The molecule has 0 aliphatic heterocycles. The van der Waals surface area contributed by atoms with E-state index in [1.54, 1.807) is 0 Å². The molecule has 1 aromatic rings. The summed E-state index contributed by atoms with van der Waals surface area (Å²) in [6, 6.07) is 0. The third kappa shape index (κ3) is 36.5. The smallest absolute Gasteiger partial charge is 0.303 e. The third-order valence-electron chi connectivity index (χ3n) is 3.67. The summed E-state index contributed by atoms with van der Waals surface area (Å²) in [7, 11) is 0. The molecule has 0 saturated carbocycles. The van der Waals surface area contributed by atoms with Crippen molar-refractivity contribution in [3.63, 3.8) is 0 Å². The average Bonchev–Trinajstić information content (AvgIpc) is 2.68. The van der Waals surface area contributed by atoms with Crippen molar-refractivity contribution in [3.05, 3.63) is 0 Å². The van der Waals surface area contributed by atoms with Crippen molar-refractivity contribution < 1.29 is 29.7 Å². The standard InChI is InChI=1S/3C6H12O2.C3H6N6/c3*1-2-3-4-5-6(7)8;4-1-7-2(5)9-3(6)8-1/h3*2-5H2,1H3,(H,7,8);(H6,4,5,6,7,8,9). The summed E-state index contributed by atoms with van der Waals surface area (Å²) in [4.78, 5) is 40.1. The van der Waals surface area contributed by atoms with Crippen LogP contribution in [0.25, 0.3) is 0 Å². The van der Waals surface area contributed by atoms with E-state index in [2.05, 4.69) is 35.7 Å². The Morgan fingerprint density at radius 3 is 0.909 bits per heavy atom. The maximum Gasteiger partial charge on any atom is 0.303 e. The van der Waals surface area contributed by atoms with Gasteiger partial charge >= 0.3 is 17.9 Å². The van der Waals surface area contributed by atoms with Crippen molar-refractivity contribution in [1.82, 2.24) is 15.0 Å². The molecular weight excluding hydrogens is 432 g/mol. The molecule has 12 nitrogen and oxygen atoms in total. The van der Waals surface area contributed by atoms with E-state index in [0.717, 1.165) is 57.8 Å². The van der Waals surface area contributed by atoms with Crippen LogP contribution in [0.5, 0.6) is 0 Å². The quantitative estimate of drug-likeness (QED) is 0.239. The summed E-state index contributed by atoms with van der Waals surface area (Å²) in [5.41, 5.74) is 15.4. The van der Waals surface area contributed by atoms with Crippen LogP contribution in [0.3, 0.4) is 0 Å². The molecule has 0 fully saturated rings. The van der Waals surface area contributed by atoms with Crippen molar-refractivity contribution >= 4 is 35.8 Å². The summed E-state index contributed by atoms with van der Waals surface area (Å²) in [6.07, 6.45) is 9.83. The number of nitrogens with zero attached hydrogens (tertiary/aromatic N) is 3. The van der Waals surface area contributed by atoms with Gasteiger partial charge in [0.15, 0.2) is 0 Å². The number of carbonyl (C=O) groups is 3. The number of anilines is 3. The first-order valence-electron chi connectivity index (χ1n) is 11.2. The molecule has 0 atom stereocenters. The van der Waals surface area contributed by atoms with E-state index in [4.69, 9.17) is 32.5 Å². The monoisotopic (exact) mass is 474 g/mol. The lowest BCUT2D eigenvalue weighted by molar-refractivity contribution is -0.138. The molecule has 1 heterocycles. The Morgan fingerprint density at radius 2 is 0.758 bits per heavy atom. The maximum atomic E-state index is 9.87. The number of hydrogen-bond donors (Lipinski definition) is 6. The molecule has 12 heteroatoms. The second-order valence-corrected chi connectivity index (χ2v) is 6.96. The second-order valence-electron chi connectivity index (χ2n) is 6.96. The van der Waals surface area contributed by atoms with Gasteiger partial charge in [0.25, 0.3) is 0 Å². The number of aliphatic carboxylic acids is 3. The molecule has 33 heavy (non-hydrogen) atoms. The van der Waals surface area contributed by atoms with Gasteiger partial charge in [-0.2, -0.15) is 15.0 Å². The van der Waals surface area contributed by atoms with E-state index < -0.39 is 17.9 Å². The highest BCUT2D eigenvalue weighted by Gasteiger charge is 1.95. The largest absolute Gasteiger partial charge is 0.481 e. The van der Waals surface area contributed by atoms with Crippen LogP contribution >= 0.6 is 0 Å². The molecule has 0 spiro atoms. The normalized spacial score (nSPS) is 9.18. The molecule has 0 saturated heterocycles. The number of nitrogen functional groups attached to an aromatic ring is 3. The molecule has 0 amide bonds. The Balaban J connectivity index is -0.000000364. The van der Waals surface area contributed by atoms with Crippen molar-refractivity contribution in [1.29, 1.82) is 0 Å². The fourth-order valence-electron chi connectivity index (χ4n) is 2.01. The van der Waals surface area contributed by atoms with Gasteiger partial charge in [-0.25, -0.2) is 0 Å². The molecule has 0 aromatic carbocycles. The SMILES string of the molecule is CCCCCC(=O)O.CCCCCC(=O)O.CCCCCC(=O)O.Nc1nc(N)nc(N)n1. The van der Waals surface area contributed by atoms with Crippen LogP contribution in [0, 0.1) is 0 Å². The lowest BCUT2D eigenvalue weighted by Crippen LogP contribution is -2.05. The number of carboxylic acids is 3. The Hall–Kier alpha value is -3.18. The summed E-state index contributed by atoms with van der Waals surface area (Å²) in [6.45, 7) is 6.17. The summed E-state index contributed by atoms with van der Waals surface area (Å²) >= 11 is 0. The average molecular weight is 475 g/mol. The minimum Gasteiger partial charge on any atom is -0.481 e. The predicted molar refractivity (Wildman–Crippen MR) is 128 cm³/mol. The number of rotatable bonds is 12. The van der Waals surface area contributed by atoms with E-state index in [-0.39, 0.29) is 17.8 Å². The van der Waals surface area contributed by atoms with Crippen molar-refractivity contribution in [3.8, 4) is 0 Å². The molecule has 0 aliphatic rings. The molecule has 1 rings (SSSR count). The van der Waals surface area contributed by atoms with Gasteiger partial charge < -0.3 is 32.5 Å². The first-order chi connectivity index (χ1) is 15.5. The Kier molecular flexibility index (Phi) is 26.2. The van der Waals surface area contributed by atoms with E-state index in [1.165, 1.54) is 0 Å². The van der Waals surface area contributed by atoms with Gasteiger partial charge in [-0.15, -0.1) is 0 Å². The molecular formula is C21H42N6O6. The van der Waals surface area contributed by atoms with Crippen molar-refractivity contribution in [2.75, 3.05) is 17.2 Å². The molecule has 192 valence electrons. The number of hydrogen-bond acceptors (Lipinski definition) is 9. The van der Waals surface area contributed by atoms with Crippen LogP contribution in [0.15, 0.2) is 0 Å². The van der Waals surface area contributed by atoms with Gasteiger partial charge in [0.2, 0.25) is 17.8 Å². The molecule has 1 aromatic heterocycles. The van der Waals surface area contributed by atoms with Crippen molar-refractivity contribution in [2.24, 2.45) is 0 Å². The topological polar surface area (TPSA) is 229 Å². The number of nitrogens with two attached hydrogens (primary N) is 3. The molecule has 0 aliphatic carbocycles. The van der Waals surface area contributed by atoms with Gasteiger partial charge in [-0.1, -0.05) is 59.3 Å². The second kappa shape index (κ2) is 25.1. The zero-order valence-corrected chi connectivity index (χ0v) is 20.1. The fourth-order valence-corrected chi connectivity index (χ4v) is 2.01. The number of unbranched alkanes of at least 4 members (excludes halogenated alkanes) is 6. The number of aromatic nitrogens is 3.